The fourth-order valence-electron chi connectivity index (χ4n) is 4.35. The fraction of sp³-hybridized carbons (Fsp3) is 0.517. The van der Waals surface area contributed by atoms with Crippen molar-refractivity contribution in [3.05, 3.63) is 42.0 Å². The van der Waals surface area contributed by atoms with Crippen molar-refractivity contribution in [2.75, 3.05) is 25.5 Å². The Bertz CT molecular complexity index is 1120. The summed E-state index contributed by atoms with van der Waals surface area (Å²) in [6, 6.07) is 4.82. The minimum Gasteiger partial charge on any atom is -0.352 e. The molecular weight excluding hydrogens is 542 g/mol. The van der Waals surface area contributed by atoms with E-state index in [0.29, 0.717) is 44.5 Å². The van der Waals surface area contributed by atoms with Crippen molar-refractivity contribution >= 4 is 41.3 Å². The molecule has 0 aliphatic carbocycles. The molecule has 0 bridgehead atoms. The quantitative estimate of drug-likeness (QED) is 0.109. The van der Waals surface area contributed by atoms with Crippen LogP contribution in [0.2, 0.25) is 0 Å². The minimum atomic E-state index is -0.923. The van der Waals surface area contributed by atoms with Crippen LogP contribution in [0, 0.1) is 5.92 Å². The molecule has 1 heterocycles. The Morgan fingerprint density at radius 1 is 0.881 bits per heavy atom. The number of carbonyl (C=O) groups is 6. The monoisotopic (exact) mass is 585 g/mol. The van der Waals surface area contributed by atoms with Gasteiger partial charge in [-0.25, -0.2) is 4.79 Å². The smallest absolute Gasteiger partial charge is 0.312 e. The Morgan fingerprint density at radius 2 is 1.55 bits per heavy atom. The lowest BCUT2D eigenvalue weighted by atomic mass is 10.0. The second-order valence-corrected chi connectivity index (χ2v) is 10.5. The summed E-state index contributed by atoms with van der Waals surface area (Å²) in [4.78, 5) is 74.5. The van der Waals surface area contributed by atoms with Gasteiger partial charge in [0, 0.05) is 43.9 Å². The highest BCUT2D eigenvalue weighted by Gasteiger charge is 2.29. The van der Waals surface area contributed by atoms with Crippen LogP contribution in [0.1, 0.15) is 57.9 Å². The van der Waals surface area contributed by atoms with Crippen LogP contribution in [-0.4, -0.2) is 72.7 Å². The van der Waals surface area contributed by atoms with Crippen LogP contribution in [-0.2, 0) is 30.5 Å². The van der Waals surface area contributed by atoms with Gasteiger partial charge in [0.1, 0.15) is 12.1 Å². The second kappa shape index (κ2) is 17.5. The molecule has 42 heavy (non-hydrogen) atoms. The number of anilines is 1. The van der Waals surface area contributed by atoms with E-state index in [9.17, 15) is 28.8 Å². The standard InChI is InChI=1S/C29H43N7O6/c1-19(2)26(35-23(37)9-5-4-6-17-36-24(38)14-15-25(36)39)28(41)34-22(8-7-16-32-29(30)42)27(40)33-21-12-10-20(11-13-21)18-31-3/h10-15,19,22,26,31H,4-9,16-18H2,1-3H3,(H,33,40)(H,34,41)(H,35,37)(H3,30,32,42)/t22-,26-/m0/s1. The number of imide groups is 1. The third-order valence-corrected chi connectivity index (χ3v) is 6.66. The molecular formula is C29H43N7O6. The number of primary amides is 1. The first-order valence-corrected chi connectivity index (χ1v) is 14.2. The molecule has 1 aliphatic rings. The maximum Gasteiger partial charge on any atom is 0.312 e. The number of nitrogens with two attached hydrogens (primary N) is 1. The molecule has 1 aromatic carbocycles. The number of unbranched alkanes of at least 4 members (excludes halogenated alkanes) is 2. The predicted molar refractivity (Wildman–Crippen MR) is 158 cm³/mol. The molecule has 230 valence electrons. The van der Waals surface area contributed by atoms with Crippen molar-refractivity contribution in [2.24, 2.45) is 11.7 Å². The average molecular weight is 586 g/mol. The van der Waals surface area contributed by atoms with Crippen molar-refractivity contribution in [3.8, 4) is 0 Å². The van der Waals surface area contributed by atoms with Crippen molar-refractivity contribution in [3.63, 3.8) is 0 Å². The first-order valence-electron chi connectivity index (χ1n) is 14.2. The topological polar surface area (TPSA) is 192 Å². The van der Waals surface area contributed by atoms with Crippen molar-refractivity contribution in [1.82, 2.24) is 26.2 Å². The summed E-state index contributed by atoms with van der Waals surface area (Å²) < 4.78 is 0. The van der Waals surface area contributed by atoms with E-state index in [-0.39, 0.29) is 43.0 Å². The summed E-state index contributed by atoms with van der Waals surface area (Å²) >= 11 is 0. The lowest BCUT2D eigenvalue weighted by molar-refractivity contribution is -0.137. The largest absolute Gasteiger partial charge is 0.352 e. The Kier molecular flexibility index (Phi) is 14.2. The zero-order valence-electron chi connectivity index (χ0n) is 24.5. The molecule has 0 radical (unpaired) electrons. The van der Waals surface area contributed by atoms with E-state index in [1.165, 1.54) is 12.2 Å². The Labute approximate surface area is 246 Å². The summed E-state index contributed by atoms with van der Waals surface area (Å²) in [7, 11) is 1.84. The molecule has 7 N–H and O–H groups in total. The maximum absolute atomic E-state index is 13.3. The highest BCUT2D eigenvalue weighted by atomic mass is 16.2. The second-order valence-electron chi connectivity index (χ2n) is 10.5. The van der Waals surface area contributed by atoms with Gasteiger partial charge in [-0.3, -0.25) is 28.9 Å². The van der Waals surface area contributed by atoms with E-state index < -0.39 is 29.9 Å². The number of benzene rings is 1. The zero-order valence-corrected chi connectivity index (χ0v) is 24.5. The van der Waals surface area contributed by atoms with E-state index in [0.717, 1.165) is 10.5 Å². The lowest BCUT2D eigenvalue weighted by Gasteiger charge is -2.25. The number of hydrogen-bond acceptors (Lipinski definition) is 7. The first kappa shape index (κ1) is 33.9. The molecule has 0 spiro atoms. The summed E-state index contributed by atoms with van der Waals surface area (Å²) in [6.07, 6.45) is 4.97. The summed E-state index contributed by atoms with van der Waals surface area (Å²) in [5.74, 6) is -2.16. The molecule has 0 aromatic heterocycles. The van der Waals surface area contributed by atoms with Crippen LogP contribution in [0.15, 0.2) is 36.4 Å². The number of hydrogen-bond donors (Lipinski definition) is 6. The van der Waals surface area contributed by atoms with Gasteiger partial charge in [-0.2, -0.15) is 0 Å². The van der Waals surface area contributed by atoms with Gasteiger partial charge in [0.25, 0.3) is 11.8 Å². The Hall–Kier alpha value is -4.26. The van der Waals surface area contributed by atoms with E-state index in [1.807, 2.05) is 19.2 Å². The van der Waals surface area contributed by atoms with Crippen LogP contribution in [0.4, 0.5) is 10.5 Å². The first-order chi connectivity index (χ1) is 20.0. The molecule has 2 atom stereocenters. The highest BCUT2D eigenvalue weighted by Crippen LogP contribution is 2.13. The van der Waals surface area contributed by atoms with Crippen LogP contribution < -0.4 is 32.3 Å². The number of carbonyl (C=O) groups excluding carboxylic acids is 6. The van der Waals surface area contributed by atoms with E-state index in [1.54, 1.807) is 26.0 Å². The molecule has 2 rings (SSSR count). The third-order valence-electron chi connectivity index (χ3n) is 6.66. The summed E-state index contributed by atoms with van der Waals surface area (Å²) in [5.41, 5.74) is 6.73. The zero-order chi connectivity index (χ0) is 31.1. The van der Waals surface area contributed by atoms with Crippen molar-refractivity contribution < 1.29 is 28.8 Å². The summed E-state index contributed by atoms with van der Waals surface area (Å²) in [5, 5.41) is 13.9. The van der Waals surface area contributed by atoms with Crippen LogP contribution in [0.25, 0.3) is 0 Å². The molecule has 0 saturated heterocycles. The molecule has 0 unspecified atom stereocenters. The molecule has 1 aliphatic heterocycles. The van der Waals surface area contributed by atoms with Crippen LogP contribution >= 0.6 is 0 Å². The van der Waals surface area contributed by atoms with Gasteiger partial charge in [-0.15, -0.1) is 0 Å². The van der Waals surface area contributed by atoms with E-state index >= 15 is 0 Å². The van der Waals surface area contributed by atoms with Gasteiger partial charge in [0.05, 0.1) is 0 Å². The normalized spacial score (nSPS) is 14.0. The van der Waals surface area contributed by atoms with E-state index in [4.69, 9.17) is 5.73 Å². The van der Waals surface area contributed by atoms with Gasteiger partial charge in [0.2, 0.25) is 17.7 Å². The fourth-order valence-corrected chi connectivity index (χ4v) is 4.35. The molecule has 7 amide bonds. The van der Waals surface area contributed by atoms with Crippen molar-refractivity contribution in [1.29, 1.82) is 0 Å². The Balaban J connectivity index is 1.92. The van der Waals surface area contributed by atoms with Crippen molar-refractivity contribution in [2.45, 2.75) is 71.0 Å². The van der Waals surface area contributed by atoms with Crippen LogP contribution in [0.5, 0.6) is 0 Å². The van der Waals surface area contributed by atoms with E-state index in [2.05, 4.69) is 26.6 Å². The third kappa shape index (κ3) is 11.7. The molecule has 0 saturated carbocycles. The summed E-state index contributed by atoms with van der Waals surface area (Å²) in [6.45, 7) is 4.79. The number of nitrogens with zero attached hydrogens (tertiary/aromatic N) is 1. The van der Waals surface area contributed by atoms with Gasteiger partial charge < -0.3 is 32.3 Å². The lowest BCUT2D eigenvalue weighted by Crippen LogP contribution is -2.54. The van der Waals surface area contributed by atoms with Gasteiger partial charge >= 0.3 is 6.03 Å². The number of rotatable bonds is 18. The van der Waals surface area contributed by atoms with Gasteiger partial charge in [-0.05, 0) is 56.3 Å². The minimum absolute atomic E-state index is 0.170. The Morgan fingerprint density at radius 3 is 2.14 bits per heavy atom. The predicted octanol–water partition coefficient (Wildman–Crippen LogP) is 0.904. The molecule has 13 heteroatoms. The number of nitrogens with one attached hydrogen (secondary N) is 5. The molecule has 0 fully saturated rings. The number of amides is 7. The van der Waals surface area contributed by atoms with Gasteiger partial charge in [0.15, 0.2) is 0 Å². The number of urea groups is 1. The molecule has 13 nitrogen and oxygen atoms in total. The van der Waals surface area contributed by atoms with Crippen LogP contribution in [0.3, 0.4) is 0 Å². The SMILES string of the molecule is CNCc1ccc(NC(=O)[C@H](CCCNC(N)=O)NC(=O)[C@@H](NC(=O)CCCCCN2C(=O)C=CC2=O)C(C)C)cc1. The highest BCUT2D eigenvalue weighted by molar-refractivity contribution is 6.12. The van der Waals surface area contributed by atoms with Gasteiger partial charge in [-0.1, -0.05) is 32.4 Å². The maximum atomic E-state index is 13.3. The average Bonchev–Trinajstić information content (AvgIpc) is 3.26. The molecule has 1 aromatic rings.